The summed E-state index contributed by atoms with van der Waals surface area (Å²) in [5, 5.41) is 7.05. The summed E-state index contributed by atoms with van der Waals surface area (Å²) in [4.78, 5) is 22.3. The normalized spacial score (nSPS) is 18.5. The molecule has 1 amide bonds. The van der Waals surface area contributed by atoms with Crippen molar-refractivity contribution in [2.75, 3.05) is 13.1 Å². The van der Waals surface area contributed by atoms with Gasteiger partial charge in [-0.05, 0) is 44.0 Å². The fourth-order valence-electron chi connectivity index (χ4n) is 3.36. The van der Waals surface area contributed by atoms with Gasteiger partial charge in [-0.3, -0.25) is 9.89 Å². The van der Waals surface area contributed by atoms with Crippen LogP contribution in [0, 0.1) is 6.92 Å². The van der Waals surface area contributed by atoms with E-state index < -0.39 is 0 Å². The Hall–Kier alpha value is -2.63. The molecule has 2 aromatic heterocycles. The van der Waals surface area contributed by atoms with Gasteiger partial charge >= 0.3 is 0 Å². The number of hydrogen-bond acceptors (Lipinski definition) is 3. The molecule has 3 heterocycles. The fourth-order valence-corrected chi connectivity index (χ4v) is 3.36. The monoisotopic (exact) mass is 309 g/mol. The number of likely N-dealkylation sites (tertiary alicyclic amines) is 1. The molecular weight excluding hydrogens is 290 g/mol. The van der Waals surface area contributed by atoms with Gasteiger partial charge in [0.25, 0.3) is 5.91 Å². The molecule has 1 aliphatic rings. The van der Waals surface area contributed by atoms with E-state index in [2.05, 4.69) is 20.2 Å². The van der Waals surface area contributed by atoms with E-state index in [9.17, 15) is 4.79 Å². The molecule has 1 saturated heterocycles. The molecule has 118 valence electrons. The van der Waals surface area contributed by atoms with Gasteiger partial charge in [-0.15, -0.1) is 0 Å². The van der Waals surface area contributed by atoms with Crippen LogP contribution in [0.2, 0.25) is 0 Å². The largest absolute Gasteiger partial charge is 0.342 e. The van der Waals surface area contributed by atoms with Gasteiger partial charge in [0.15, 0.2) is 0 Å². The highest BCUT2D eigenvalue weighted by Gasteiger charge is 2.26. The number of H-pyrrole nitrogens is 2. The Kier molecular flexibility index (Phi) is 3.37. The van der Waals surface area contributed by atoms with Crippen LogP contribution in [0.15, 0.2) is 30.5 Å². The van der Waals surface area contributed by atoms with Crippen molar-refractivity contribution in [1.82, 2.24) is 25.1 Å². The zero-order chi connectivity index (χ0) is 15.8. The second kappa shape index (κ2) is 5.53. The van der Waals surface area contributed by atoms with Crippen LogP contribution in [0.5, 0.6) is 0 Å². The summed E-state index contributed by atoms with van der Waals surface area (Å²) in [5.41, 5.74) is 3.64. The maximum atomic E-state index is 12.8. The number of piperidine rings is 1. The van der Waals surface area contributed by atoms with Gasteiger partial charge in [0, 0.05) is 36.5 Å². The Labute approximate surface area is 133 Å². The molecule has 1 aliphatic heterocycles. The van der Waals surface area contributed by atoms with Crippen molar-refractivity contribution in [3.8, 4) is 0 Å². The van der Waals surface area contributed by atoms with Crippen molar-refractivity contribution < 1.29 is 4.79 Å². The quantitative estimate of drug-likeness (QED) is 0.764. The zero-order valence-electron chi connectivity index (χ0n) is 13.0. The van der Waals surface area contributed by atoms with Crippen LogP contribution in [0.1, 0.15) is 40.6 Å². The second-order valence-electron chi connectivity index (χ2n) is 6.16. The number of imidazole rings is 1. The smallest absolute Gasteiger partial charge is 0.253 e. The summed E-state index contributed by atoms with van der Waals surface area (Å²) in [6.45, 7) is 3.46. The van der Waals surface area contributed by atoms with Crippen molar-refractivity contribution in [2.45, 2.75) is 25.7 Å². The number of aromatic nitrogens is 4. The number of carbonyl (C=O) groups excluding carboxylic acids is 1. The number of hydrogen-bond donors (Lipinski definition) is 2. The Morgan fingerprint density at radius 1 is 1.35 bits per heavy atom. The molecule has 1 fully saturated rings. The second-order valence-corrected chi connectivity index (χ2v) is 6.16. The van der Waals surface area contributed by atoms with Gasteiger partial charge in [0.05, 0.1) is 11.0 Å². The molecule has 0 saturated carbocycles. The highest BCUT2D eigenvalue weighted by atomic mass is 16.2. The average molecular weight is 309 g/mol. The number of carbonyl (C=O) groups is 1. The summed E-state index contributed by atoms with van der Waals surface area (Å²) < 4.78 is 0. The minimum absolute atomic E-state index is 0.0865. The van der Waals surface area contributed by atoms with Crippen molar-refractivity contribution in [3.05, 3.63) is 47.5 Å². The average Bonchev–Trinajstić information content (AvgIpc) is 3.22. The van der Waals surface area contributed by atoms with Gasteiger partial charge in [0.1, 0.15) is 5.82 Å². The first-order valence-electron chi connectivity index (χ1n) is 7.95. The molecule has 0 bridgehead atoms. The highest BCUT2D eigenvalue weighted by Crippen LogP contribution is 2.26. The number of aryl methyl sites for hydroxylation is 1. The molecule has 6 nitrogen and oxygen atoms in total. The lowest BCUT2D eigenvalue weighted by Crippen LogP contribution is -2.39. The Balaban J connectivity index is 1.57. The molecule has 0 radical (unpaired) electrons. The van der Waals surface area contributed by atoms with E-state index >= 15 is 0 Å². The number of aromatic amines is 2. The van der Waals surface area contributed by atoms with Gasteiger partial charge in [-0.2, -0.15) is 5.10 Å². The minimum atomic E-state index is 0.0865. The predicted octanol–water partition coefficient (Wildman–Crippen LogP) is 2.61. The number of nitrogens with zero attached hydrogens (tertiary/aromatic N) is 3. The number of nitrogens with one attached hydrogen (secondary N) is 2. The summed E-state index contributed by atoms with van der Waals surface area (Å²) in [6, 6.07) is 7.67. The first kappa shape index (κ1) is 14.0. The van der Waals surface area contributed by atoms with Crippen LogP contribution < -0.4 is 0 Å². The highest BCUT2D eigenvalue weighted by molar-refractivity contribution is 5.97. The number of rotatable bonds is 2. The van der Waals surface area contributed by atoms with Crippen molar-refractivity contribution in [3.63, 3.8) is 0 Å². The van der Waals surface area contributed by atoms with Gasteiger partial charge in [-0.1, -0.05) is 0 Å². The summed E-state index contributed by atoms with van der Waals surface area (Å²) in [7, 11) is 0. The van der Waals surface area contributed by atoms with Gasteiger partial charge in [0.2, 0.25) is 0 Å². The van der Waals surface area contributed by atoms with E-state index in [1.165, 1.54) is 0 Å². The van der Waals surface area contributed by atoms with Crippen molar-refractivity contribution in [2.24, 2.45) is 0 Å². The maximum Gasteiger partial charge on any atom is 0.253 e. The molecule has 0 spiro atoms. The molecule has 2 N–H and O–H groups in total. The van der Waals surface area contributed by atoms with Gasteiger partial charge in [-0.25, -0.2) is 4.98 Å². The molecule has 1 aromatic carbocycles. The van der Waals surface area contributed by atoms with E-state index in [0.29, 0.717) is 11.5 Å². The fraction of sp³-hybridized carbons (Fsp3) is 0.353. The lowest BCUT2D eigenvalue weighted by molar-refractivity contribution is 0.0706. The Morgan fingerprint density at radius 2 is 2.26 bits per heavy atom. The van der Waals surface area contributed by atoms with Crippen LogP contribution in [-0.2, 0) is 0 Å². The Bertz CT molecular complexity index is 836. The van der Waals surface area contributed by atoms with Crippen LogP contribution in [0.25, 0.3) is 11.0 Å². The summed E-state index contributed by atoms with van der Waals surface area (Å²) >= 11 is 0. The SMILES string of the molecule is Cc1nc2ccc(C(=O)N3CCCC(c4ccn[nH]4)C3)cc2[nH]1. The molecule has 1 atom stereocenters. The first-order chi connectivity index (χ1) is 11.2. The lowest BCUT2D eigenvalue weighted by Gasteiger charge is -2.32. The molecule has 23 heavy (non-hydrogen) atoms. The van der Waals surface area contributed by atoms with E-state index in [0.717, 1.165) is 48.5 Å². The van der Waals surface area contributed by atoms with E-state index in [4.69, 9.17) is 0 Å². The molecule has 4 rings (SSSR count). The molecule has 6 heteroatoms. The van der Waals surface area contributed by atoms with Crippen molar-refractivity contribution in [1.29, 1.82) is 0 Å². The maximum absolute atomic E-state index is 12.8. The van der Waals surface area contributed by atoms with E-state index in [1.807, 2.05) is 36.1 Å². The third kappa shape index (κ3) is 2.60. The molecule has 1 unspecified atom stereocenters. The van der Waals surface area contributed by atoms with Crippen LogP contribution in [0.3, 0.4) is 0 Å². The van der Waals surface area contributed by atoms with Crippen LogP contribution >= 0.6 is 0 Å². The Morgan fingerprint density at radius 3 is 3.09 bits per heavy atom. The standard InChI is InChI=1S/C17H19N5O/c1-11-19-15-5-4-12(9-16(15)20-11)17(23)22-8-2-3-13(10-22)14-6-7-18-21-14/h4-7,9,13H,2-3,8,10H2,1H3,(H,18,21)(H,19,20). The third-order valence-electron chi connectivity index (χ3n) is 4.52. The number of fused-ring (bicyclic) bond motifs is 1. The number of benzene rings is 1. The molecule has 3 aromatic rings. The van der Waals surface area contributed by atoms with E-state index in [-0.39, 0.29) is 5.91 Å². The third-order valence-corrected chi connectivity index (χ3v) is 4.52. The summed E-state index contributed by atoms with van der Waals surface area (Å²) in [5.74, 6) is 1.29. The van der Waals surface area contributed by atoms with Crippen molar-refractivity contribution >= 4 is 16.9 Å². The first-order valence-corrected chi connectivity index (χ1v) is 7.95. The van der Waals surface area contributed by atoms with Crippen LogP contribution in [-0.4, -0.2) is 44.1 Å². The lowest BCUT2D eigenvalue weighted by atomic mass is 9.94. The predicted molar refractivity (Wildman–Crippen MR) is 87.3 cm³/mol. The topological polar surface area (TPSA) is 77.7 Å². The zero-order valence-corrected chi connectivity index (χ0v) is 13.0. The number of amides is 1. The minimum Gasteiger partial charge on any atom is -0.342 e. The summed E-state index contributed by atoms with van der Waals surface area (Å²) in [6.07, 6.45) is 3.87. The molecule has 0 aliphatic carbocycles. The van der Waals surface area contributed by atoms with Gasteiger partial charge < -0.3 is 9.88 Å². The molecular formula is C17H19N5O. The van der Waals surface area contributed by atoms with Crippen LogP contribution in [0.4, 0.5) is 0 Å². The van der Waals surface area contributed by atoms with E-state index in [1.54, 1.807) is 6.20 Å².